The molecular formula is C16H26N2O3. The highest BCUT2D eigenvalue weighted by atomic mass is 16.6. The van der Waals surface area contributed by atoms with Crippen LogP contribution in [0.3, 0.4) is 0 Å². The number of nitrogens with zero attached hydrogens (tertiary/aromatic N) is 2. The molecule has 0 bridgehead atoms. The molecule has 118 valence electrons. The minimum Gasteiger partial charge on any atom is -0.477 e. The van der Waals surface area contributed by atoms with Crippen molar-refractivity contribution in [2.24, 2.45) is 5.41 Å². The highest BCUT2D eigenvalue weighted by Gasteiger charge is 2.21. The van der Waals surface area contributed by atoms with Gasteiger partial charge in [-0.25, -0.2) is 9.78 Å². The second-order valence-electron chi connectivity index (χ2n) is 7.24. The molecule has 1 aromatic heterocycles. The molecular weight excluding hydrogens is 268 g/mol. The smallest absolute Gasteiger partial charge is 0.414 e. The van der Waals surface area contributed by atoms with E-state index in [-0.39, 0.29) is 5.41 Å². The molecule has 0 aliphatic carbocycles. The van der Waals surface area contributed by atoms with Gasteiger partial charge in [-0.3, -0.25) is 4.90 Å². The molecule has 1 aromatic rings. The number of aromatic nitrogens is 1. The summed E-state index contributed by atoms with van der Waals surface area (Å²) in [5, 5.41) is 0. The standard InChI is InChI=1S/C16H26N2O3/c1-15(2,3)11-20-13-10-12(8-9-17-13)18(7)14(19)21-16(4,5)6/h8-10H,11H2,1-7H3. The molecule has 5 nitrogen and oxygen atoms in total. The van der Waals surface area contributed by atoms with Crippen LogP contribution in [-0.2, 0) is 4.74 Å². The Morgan fingerprint density at radius 1 is 1.24 bits per heavy atom. The Bertz CT molecular complexity index is 487. The topological polar surface area (TPSA) is 51.7 Å². The van der Waals surface area contributed by atoms with Crippen LogP contribution in [0.15, 0.2) is 18.3 Å². The Balaban J connectivity index is 2.77. The van der Waals surface area contributed by atoms with E-state index in [0.717, 1.165) is 0 Å². The molecule has 0 spiro atoms. The van der Waals surface area contributed by atoms with Crippen molar-refractivity contribution < 1.29 is 14.3 Å². The van der Waals surface area contributed by atoms with Crippen LogP contribution in [0.4, 0.5) is 10.5 Å². The SMILES string of the molecule is CN(C(=O)OC(C)(C)C)c1ccnc(OCC(C)(C)C)c1. The largest absolute Gasteiger partial charge is 0.477 e. The molecule has 0 saturated carbocycles. The van der Waals surface area contributed by atoms with Crippen LogP contribution >= 0.6 is 0 Å². The van der Waals surface area contributed by atoms with Crippen LogP contribution in [0.5, 0.6) is 5.88 Å². The highest BCUT2D eigenvalue weighted by molar-refractivity contribution is 5.87. The number of hydrogen-bond donors (Lipinski definition) is 0. The van der Waals surface area contributed by atoms with Crippen molar-refractivity contribution in [2.45, 2.75) is 47.1 Å². The Morgan fingerprint density at radius 3 is 2.38 bits per heavy atom. The normalized spacial score (nSPS) is 12.0. The third kappa shape index (κ3) is 6.47. The molecule has 0 fully saturated rings. The Morgan fingerprint density at radius 2 is 1.86 bits per heavy atom. The fourth-order valence-corrected chi connectivity index (χ4v) is 1.41. The lowest BCUT2D eigenvalue weighted by Crippen LogP contribution is -2.34. The van der Waals surface area contributed by atoms with Gasteiger partial charge in [0.2, 0.25) is 5.88 Å². The zero-order valence-electron chi connectivity index (χ0n) is 14.1. The molecule has 1 amide bonds. The summed E-state index contributed by atoms with van der Waals surface area (Å²) in [4.78, 5) is 17.6. The van der Waals surface area contributed by atoms with Crippen molar-refractivity contribution in [3.8, 4) is 5.88 Å². The maximum absolute atomic E-state index is 12.0. The van der Waals surface area contributed by atoms with Gasteiger partial charge in [0, 0.05) is 19.3 Å². The molecule has 0 N–H and O–H groups in total. The fraction of sp³-hybridized carbons (Fsp3) is 0.625. The van der Waals surface area contributed by atoms with Gasteiger partial charge < -0.3 is 9.47 Å². The minimum atomic E-state index is -0.524. The van der Waals surface area contributed by atoms with E-state index in [1.54, 1.807) is 25.4 Å². The van der Waals surface area contributed by atoms with Crippen LogP contribution in [0.2, 0.25) is 0 Å². The first-order chi connectivity index (χ1) is 9.48. The third-order valence-corrected chi connectivity index (χ3v) is 2.43. The number of amides is 1. The first kappa shape index (κ1) is 17.3. The fourth-order valence-electron chi connectivity index (χ4n) is 1.41. The molecule has 0 saturated heterocycles. The van der Waals surface area contributed by atoms with E-state index in [0.29, 0.717) is 18.2 Å². The van der Waals surface area contributed by atoms with E-state index in [1.807, 2.05) is 20.8 Å². The van der Waals surface area contributed by atoms with Gasteiger partial charge in [-0.2, -0.15) is 0 Å². The van der Waals surface area contributed by atoms with Crippen molar-refractivity contribution in [2.75, 3.05) is 18.6 Å². The first-order valence-corrected chi connectivity index (χ1v) is 7.03. The summed E-state index contributed by atoms with van der Waals surface area (Å²) >= 11 is 0. The summed E-state index contributed by atoms with van der Waals surface area (Å²) in [6, 6.07) is 3.48. The number of carbonyl (C=O) groups excluding carboxylic acids is 1. The maximum atomic E-state index is 12.0. The molecule has 5 heteroatoms. The van der Waals surface area contributed by atoms with Gasteiger partial charge in [0.25, 0.3) is 0 Å². The van der Waals surface area contributed by atoms with E-state index >= 15 is 0 Å². The molecule has 1 rings (SSSR count). The summed E-state index contributed by atoms with van der Waals surface area (Å²) in [5.41, 5.74) is 0.210. The van der Waals surface area contributed by atoms with Gasteiger partial charge >= 0.3 is 6.09 Å². The maximum Gasteiger partial charge on any atom is 0.414 e. The predicted octanol–water partition coefficient (Wildman–Crippen LogP) is 3.88. The van der Waals surface area contributed by atoms with Gasteiger partial charge in [0.05, 0.1) is 12.3 Å². The van der Waals surface area contributed by atoms with E-state index in [2.05, 4.69) is 25.8 Å². The van der Waals surface area contributed by atoms with E-state index < -0.39 is 11.7 Å². The number of carbonyl (C=O) groups is 1. The van der Waals surface area contributed by atoms with Crippen molar-refractivity contribution in [1.29, 1.82) is 0 Å². The second kappa shape index (κ2) is 6.33. The first-order valence-electron chi connectivity index (χ1n) is 7.03. The quantitative estimate of drug-likeness (QED) is 0.849. The predicted molar refractivity (Wildman–Crippen MR) is 83.8 cm³/mol. The van der Waals surface area contributed by atoms with Gasteiger partial charge in [-0.15, -0.1) is 0 Å². The molecule has 0 aliphatic heterocycles. The van der Waals surface area contributed by atoms with E-state index in [9.17, 15) is 4.79 Å². The summed E-state index contributed by atoms with van der Waals surface area (Å²) < 4.78 is 11.0. The summed E-state index contributed by atoms with van der Waals surface area (Å²) in [5.74, 6) is 0.498. The van der Waals surface area contributed by atoms with Gasteiger partial charge in [0.15, 0.2) is 0 Å². The minimum absolute atomic E-state index is 0.0503. The number of ether oxygens (including phenoxy) is 2. The van der Waals surface area contributed by atoms with Crippen LogP contribution in [0.1, 0.15) is 41.5 Å². The lowest BCUT2D eigenvalue weighted by Gasteiger charge is -2.25. The molecule has 0 atom stereocenters. The number of rotatable bonds is 3. The van der Waals surface area contributed by atoms with Crippen LogP contribution in [0, 0.1) is 5.41 Å². The summed E-state index contributed by atoms with van der Waals surface area (Å²) in [6.07, 6.45) is 1.21. The van der Waals surface area contributed by atoms with E-state index in [1.165, 1.54) is 4.90 Å². The van der Waals surface area contributed by atoms with Gasteiger partial charge in [-0.1, -0.05) is 20.8 Å². The van der Waals surface area contributed by atoms with Gasteiger partial charge in [-0.05, 0) is 32.3 Å². The number of anilines is 1. The number of hydrogen-bond acceptors (Lipinski definition) is 4. The van der Waals surface area contributed by atoms with E-state index in [4.69, 9.17) is 9.47 Å². The van der Waals surface area contributed by atoms with Crippen LogP contribution in [-0.4, -0.2) is 30.3 Å². The van der Waals surface area contributed by atoms with Crippen LogP contribution < -0.4 is 9.64 Å². The number of pyridine rings is 1. The second-order valence-corrected chi connectivity index (χ2v) is 7.24. The summed E-state index contributed by atoms with van der Waals surface area (Å²) in [6.45, 7) is 12.3. The van der Waals surface area contributed by atoms with Crippen molar-refractivity contribution >= 4 is 11.8 Å². The monoisotopic (exact) mass is 294 g/mol. The lowest BCUT2D eigenvalue weighted by atomic mass is 9.99. The van der Waals surface area contributed by atoms with Gasteiger partial charge in [0.1, 0.15) is 5.60 Å². The zero-order chi connectivity index (χ0) is 16.3. The molecule has 21 heavy (non-hydrogen) atoms. The molecule has 0 unspecified atom stereocenters. The molecule has 0 aromatic carbocycles. The average Bonchev–Trinajstić information content (AvgIpc) is 2.33. The van der Waals surface area contributed by atoms with Crippen molar-refractivity contribution in [1.82, 2.24) is 4.98 Å². The van der Waals surface area contributed by atoms with Crippen molar-refractivity contribution in [3.05, 3.63) is 18.3 Å². The summed E-state index contributed by atoms with van der Waals surface area (Å²) in [7, 11) is 1.66. The molecule has 0 aliphatic rings. The third-order valence-electron chi connectivity index (χ3n) is 2.43. The Hall–Kier alpha value is -1.78. The van der Waals surface area contributed by atoms with Crippen molar-refractivity contribution in [3.63, 3.8) is 0 Å². The molecule has 0 radical (unpaired) electrons. The zero-order valence-corrected chi connectivity index (χ0v) is 14.1. The Kier molecular flexibility index (Phi) is 5.20. The highest BCUT2D eigenvalue weighted by Crippen LogP contribution is 2.22. The lowest BCUT2D eigenvalue weighted by molar-refractivity contribution is 0.0589. The molecule has 1 heterocycles. The van der Waals surface area contributed by atoms with Crippen LogP contribution in [0.25, 0.3) is 0 Å². The average molecular weight is 294 g/mol. The Labute approximate surface area is 127 Å².